The van der Waals surface area contributed by atoms with Gasteiger partial charge in [-0.3, -0.25) is 4.98 Å². The quantitative estimate of drug-likeness (QED) is 0.771. The lowest BCUT2D eigenvalue weighted by molar-refractivity contribution is 0.143. The monoisotopic (exact) mass is 244 g/mol. The van der Waals surface area contributed by atoms with Gasteiger partial charge in [-0.2, -0.15) is 0 Å². The number of likely N-dealkylation sites (N-methyl/N-ethyl adjacent to an activating group) is 1. The molecular formula is C14H20N4. The second-order valence-electron chi connectivity index (χ2n) is 6.34. The van der Waals surface area contributed by atoms with Gasteiger partial charge in [0.1, 0.15) is 5.52 Å². The predicted octanol–water partition coefficient (Wildman–Crippen LogP) is 2.22. The van der Waals surface area contributed by atoms with Gasteiger partial charge in [0.25, 0.3) is 0 Å². The summed E-state index contributed by atoms with van der Waals surface area (Å²) >= 11 is 0. The Balaban J connectivity index is 2.05. The SMILES string of the molecule is CN1CC(n2cnc3cnc(C(C)(C)C)cc32)C1. The maximum atomic E-state index is 4.52. The summed E-state index contributed by atoms with van der Waals surface area (Å²) in [5, 5.41) is 0. The van der Waals surface area contributed by atoms with Crippen molar-refractivity contribution in [3.8, 4) is 0 Å². The van der Waals surface area contributed by atoms with Gasteiger partial charge >= 0.3 is 0 Å². The van der Waals surface area contributed by atoms with Gasteiger partial charge in [-0.25, -0.2) is 4.98 Å². The number of hydrogen-bond donors (Lipinski definition) is 0. The van der Waals surface area contributed by atoms with Crippen molar-refractivity contribution in [1.29, 1.82) is 0 Å². The third kappa shape index (κ3) is 1.81. The molecule has 0 atom stereocenters. The van der Waals surface area contributed by atoms with E-state index in [1.807, 2.05) is 12.5 Å². The first kappa shape index (κ1) is 11.7. The zero-order valence-corrected chi connectivity index (χ0v) is 11.5. The van der Waals surface area contributed by atoms with Gasteiger partial charge < -0.3 is 9.47 Å². The van der Waals surface area contributed by atoms with Crippen molar-refractivity contribution in [1.82, 2.24) is 19.4 Å². The normalized spacial score (nSPS) is 18.2. The van der Waals surface area contributed by atoms with Gasteiger partial charge in [0.05, 0.1) is 24.1 Å². The molecule has 1 fully saturated rings. The molecule has 1 saturated heterocycles. The molecule has 3 heterocycles. The van der Waals surface area contributed by atoms with E-state index in [0.717, 1.165) is 24.3 Å². The molecule has 2 aromatic heterocycles. The minimum Gasteiger partial charge on any atom is -0.325 e. The molecule has 3 rings (SSSR count). The summed E-state index contributed by atoms with van der Waals surface area (Å²) in [6.45, 7) is 8.80. The Labute approximate surface area is 108 Å². The number of likely N-dealkylation sites (tertiary alicyclic amines) is 1. The van der Waals surface area contributed by atoms with Crippen LogP contribution < -0.4 is 0 Å². The van der Waals surface area contributed by atoms with Crippen molar-refractivity contribution in [2.45, 2.75) is 32.2 Å². The molecule has 18 heavy (non-hydrogen) atoms. The van der Waals surface area contributed by atoms with Crippen molar-refractivity contribution in [2.24, 2.45) is 0 Å². The maximum Gasteiger partial charge on any atom is 0.107 e. The van der Waals surface area contributed by atoms with Gasteiger partial charge in [0.15, 0.2) is 0 Å². The fourth-order valence-corrected chi connectivity index (χ4v) is 2.47. The third-order valence-corrected chi connectivity index (χ3v) is 3.67. The molecule has 1 aliphatic heterocycles. The van der Waals surface area contributed by atoms with Crippen LogP contribution >= 0.6 is 0 Å². The summed E-state index contributed by atoms with van der Waals surface area (Å²) in [6, 6.07) is 2.76. The Kier molecular flexibility index (Phi) is 2.45. The number of nitrogens with zero attached hydrogens (tertiary/aromatic N) is 4. The van der Waals surface area contributed by atoms with Crippen LogP contribution in [0.25, 0.3) is 11.0 Å². The van der Waals surface area contributed by atoms with Crippen LogP contribution in [0.5, 0.6) is 0 Å². The molecule has 0 saturated carbocycles. The lowest BCUT2D eigenvalue weighted by Gasteiger charge is -2.37. The molecule has 0 radical (unpaired) electrons. The summed E-state index contributed by atoms with van der Waals surface area (Å²) in [5.41, 5.74) is 3.43. The van der Waals surface area contributed by atoms with Crippen molar-refractivity contribution < 1.29 is 0 Å². The van der Waals surface area contributed by atoms with Gasteiger partial charge in [0.2, 0.25) is 0 Å². The molecule has 0 aliphatic carbocycles. The standard InChI is InChI=1S/C14H20N4/c1-14(2,3)13-5-12-11(6-15-13)16-9-18(12)10-7-17(4)8-10/h5-6,9-10H,7-8H2,1-4H3. The van der Waals surface area contributed by atoms with Gasteiger partial charge in [-0.05, 0) is 13.1 Å². The highest BCUT2D eigenvalue weighted by Gasteiger charge is 2.26. The van der Waals surface area contributed by atoms with Crippen LogP contribution in [0.2, 0.25) is 0 Å². The Bertz CT molecular complexity index is 573. The molecule has 0 spiro atoms. The summed E-state index contributed by atoms with van der Waals surface area (Å²) < 4.78 is 2.30. The van der Waals surface area contributed by atoms with Gasteiger partial charge in [-0.15, -0.1) is 0 Å². The number of imidazole rings is 1. The average Bonchev–Trinajstić information content (AvgIpc) is 2.66. The largest absolute Gasteiger partial charge is 0.325 e. The van der Waals surface area contributed by atoms with Gasteiger partial charge in [0, 0.05) is 24.2 Å². The Morgan fingerprint density at radius 2 is 1.94 bits per heavy atom. The fraction of sp³-hybridized carbons (Fsp3) is 0.571. The highest BCUT2D eigenvalue weighted by Crippen LogP contribution is 2.27. The summed E-state index contributed by atoms with van der Waals surface area (Å²) in [4.78, 5) is 11.3. The molecule has 0 aromatic carbocycles. The molecule has 1 aliphatic rings. The Morgan fingerprint density at radius 1 is 1.22 bits per heavy atom. The minimum atomic E-state index is 0.0830. The molecule has 0 N–H and O–H groups in total. The zero-order chi connectivity index (χ0) is 12.9. The summed E-state index contributed by atoms with van der Waals surface area (Å²) in [5.74, 6) is 0. The molecule has 0 unspecified atom stereocenters. The number of rotatable bonds is 1. The number of pyridine rings is 1. The molecule has 96 valence electrons. The number of hydrogen-bond acceptors (Lipinski definition) is 3. The lowest BCUT2D eigenvalue weighted by Crippen LogP contribution is -2.44. The van der Waals surface area contributed by atoms with E-state index in [1.165, 1.54) is 5.52 Å². The first-order valence-electron chi connectivity index (χ1n) is 6.47. The average molecular weight is 244 g/mol. The number of aromatic nitrogens is 3. The number of fused-ring (bicyclic) bond motifs is 1. The van der Waals surface area contributed by atoms with Crippen LogP contribution in [0, 0.1) is 0 Å². The Morgan fingerprint density at radius 3 is 2.56 bits per heavy atom. The first-order valence-corrected chi connectivity index (χ1v) is 6.47. The smallest absolute Gasteiger partial charge is 0.107 e. The molecular weight excluding hydrogens is 224 g/mol. The lowest BCUT2D eigenvalue weighted by atomic mass is 9.91. The van der Waals surface area contributed by atoms with E-state index in [1.54, 1.807) is 0 Å². The van der Waals surface area contributed by atoms with E-state index in [4.69, 9.17) is 0 Å². The van der Waals surface area contributed by atoms with E-state index in [0.29, 0.717) is 6.04 Å². The predicted molar refractivity (Wildman–Crippen MR) is 72.8 cm³/mol. The Hall–Kier alpha value is -1.42. The molecule has 0 amide bonds. The van der Waals surface area contributed by atoms with E-state index in [-0.39, 0.29) is 5.41 Å². The first-order chi connectivity index (χ1) is 8.45. The summed E-state index contributed by atoms with van der Waals surface area (Å²) in [6.07, 6.45) is 3.85. The maximum absolute atomic E-state index is 4.52. The van der Waals surface area contributed by atoms with E-state index < -0.39 is 0 Å². The van der Waals surface area contributed by atoms with Crippen LogP contribution in [0.4, 0.5) is 0 Å². The summed E-state index contributed by atoms with van der Waals surface area (Å²) in [7, 11) is 2.15. The second-order valence-corrected chi connectivity index (χ2v) is 6.34. The van der Waals surface area contributed by atoms with Crippen molar-refractivity contribution >= 4 is 11.0 Å². The topological polar surface area (TPSA) is 34.0 Å². The molecule has 0 bridgehead atoms. The molecule has 4 heteroatoms. The third-order valence-electron chi connectivity index (χ3n) is 3.67. The van der Waals surface area contributed by atoms with E-state index >= 15 is 0 Å². The fourth-order valence-electron chi connectivity index (χ4n) is 2.47. The van der Waals surface area contributed by atoms with Crippen LogP contribution in [0.1, 0.15) is 32.5 Å². The van der Waals surface area contributed by atoms with Crippen LogP contribution in [-0.4, -0.2) is 39.6 Å². The molecule has 2 aromatic rings. The van der Waals surface area contributed by atoms with Gasteiger partial charge in [-0.1, -0.05) is 20.8 Å². The van der Waals surface area contributed by atoms with Crippen molar-refractivity contribution in [3.63, 3.8) is 0 Å². The van der Waals surface area contributed by atoms with Crippen LogP contribution in [0.15, 0.2) is 18.6 Å². The van der Waals surface area contributed by atoms with Crippen LogP contribution in [-0.2, 0) is 5.41 Å². The van der Waals surface area contributed by atoms with Crippen LogP contribution in [0.3, 0.4) is 0 Å². The van der Waals surface area contributed by atoms with E-state index in [9.17, 15) is 0 Å². The zero-order valence-electron chi connectivity index (χ0n) is 11.5. The highest BCUT2D eigenvalue weighted by molar-refractivity contribution is 5.75. The van der Waals surface area contributed by atoms with Crippen molar-refractivity contribution in [3.05, 3.63) is 24.3 Å². The minimum absolute atomic E-state index is 0.0830. The molecule has 4 nitrogen and oxygen atoms in total. The second kappa shape index (κ2) is 3.79. The van der Waals surface area contributed by atoms with Crippen molar-refractivity contribution in [2.75, 3.05) is 20.1 Å². The van der Waals surface area contributed by atoms with E-state index in [2.05, 4.69) is 53.3 Å². The highest BCUT2D eigenvalue weighted by atomic mass is 15.3.